The minimum atomic E-state index is -1.56. The van der Waals surface area contributed by atoms with Gasteiger partial charge >= 0.3 is 11.9 Å². The molecule has 0 fully saturated rings. The van der Waals surface area contributed by atoms with Gasteiger partial charge in [-0.2, -0.15) is 0 Å². The Morgan fingerprint density at radius 1 is 0.903 bits per heavy atom. The summed E-state index contributed by atoms with van der Waals surface area (Å²) < 4.78 is 0. The molecule has 0 aromatic carbocycles. The van der Waals surface area contributed by atoms with Gasteiger partial charge < -0.3 is 42.1 Å². The maximum Gasteiger partial charge on any atom is 0.326 e. The Morgan fingerprint density at radius 3 is 1.87 bits per heavy atom. The number of carbonyl (C=O) groups is 5. The average molecular weight is 448 g/mol. The van der Waals surface area contributed by atoms with Crippen molar-refractivity contribution < 1.29 is 44.4 Å². The highest BCUT2D eigenvalue weighted by molar-refractivity contribution is 5.94. The fraction of sp³-hybridized carbons (Fsp3) is 0.722. The van der Waals surface area contributed by atoms with Crippen LogP contribution in [0.3, 0.4) is 0 Å². The second kappa shape index (κ2) is 13.5. The van der Waals surface area contributed by atoms with Crippen LogP contribution in [-0.4, -0.2) is 87.0 Å². The van der Waals surface area contributed by atoms with Crippen molar-refractivity contribution in [3.8, 4) is 0 Å². The Bertz CT molecular complexity index is 656. The molecule has 0 bridgehead atoms. The van der Waals surface area contributed by atoms with E-state index < -0.39 is 72.5 Å². The molecule has 0 saturated carbocycles. The van der Waals surface area contributed by atoms with E-state index >= 15 is 0 Å². The number of nitrogens with one attached hydrogen (secondary N) is 3. The third-order valence-corrected chi connectivity index (χ3v) is 4.66. The number of amides is 3. The summed E-state index contributed by atoms with van der Waals surface area (Å²) in [6.45, 7) is 3.66. The Hall–Kier alpha value is -2.77. The molecule has 0 aliphatic carbocycles. The van der Waals surface area contributed by atoms with Gasteiger partial charge in [-0.3, -0.25) is 19.2 Å². The highest BCUT2D eigenvalue weighted by Gasteiger charge is 2.33. The Morgan fingerprint density at radius 2 is 1.45 bits per heavy atom. The van der Waals surface area contributed by atoms with Crippen molar-refractivity contribution in [2.45, 2.75) is 70.3 Å². The number of carbonyl (C=O) groups excluding carboxylic acids is 3. The van der Waals surface area contributed by atoms with E-state index in [-0.39, 0.29) is 12.8 Å². The molecule has 0 saturated heterocycles. The third kappa shape index (κ3) is 9.72. The minimum absolute atomic E-state index is 0.203. The zero-order valence-corrected chi connectivity index (χ0v) is 17.7. The van der Waals surface area contributed by atoms with Crippen LogP contribution in [0.4, 0.5) is 0 Å². The maximum atomic E-state index is 12.5. The van der Waals surface area contributed by atoms with Gasteiger partial charge in [0.15, 0.2) is 0 Å². The van der Waals surface area contributed by atoms with E-state index in [9.17, 15) is 39.3 Å². The second-order valence-corrected chi connectivity index (χ2v) is 7.22. The molecule has 0 rings (SSSR count). The lowest BCUT2D eigenvalue weighted by Crippen LogP contribution is -2.61. The maximum absolute atomic E-state index is 12.5. The predicted molar refractivity (Wildman–Crippen MR) is 106 cm³/mol. The van der Waals surface area contributed by atoms with Gasteiger partial charge in [0, 0.05) is 6.42 Å². The molecule has 0 radical (unpaired) electrons. The smallest absolute Gasteiger partial charge is 0.326 e. The summed E-state index contributed by atoms with van der Waals surface area (Å²) in [5, 5.41) is 43.7. The van der Waals surface area contributed by atoms with Gasteiger partial charge in [0.05, 0.1) is 18.8 Å². The van der Waals surface area contributed by atoms with Gasteiger partial charge in [-0.25, -0.2) is 4.79 Å². The fourth-order valence-corrected chi connectivity index (χ4v) is 2.47. The van der Waals surface area contributed by atoms with E-state index in [1.807, 2.05) is 0 Å². The first-order valence-corrected chi connectivity index (χ1v) is 9.75. The summed E-state index contributed by atoms with van der Waals surface area (Å²) >= 11 is 0. The van der Waals surface area contributed by atoms with Gasteiger partial charge in [0.25, 0.3) is 0 Å². The average Bonchev–Trinajstić information content (AvgIpc) is 2.70. The van der Waals surface area contributed by atoms with E-state index in [0.717, 1.165) is 0 Å². The van der Waals surface area contributed by atoms with Crippen LogP contribution in [0.1, 0.15) is 40.0 Å². The molecule has 13 heteroatoms. The largest absolute Gasteiger partial charge is 0.481 e. The van der Waals surface area contributed by atoms with Crippen molar-refractivity contribution in [3.05, 3.63) is 0 Å². The molecule has 13 nitrogen and oxygen atoms in total. The molecule has 0 spiro atoms. The SMILES string of the molecule is CCC(C)C(NC(=O)C(NC(=O)C(CO)NC(=O)C(N)CCC(=O)O)C(C)O)C(=O)O. The lowest BCUT2D eigenvalue weighted by atomic mass is 9.98. The zero-order valence-electron chi connectivity index (χ0n) is 17.7. The van der Waals surface area contributed by atoms with Crippen LogP contribution in [0.15, 0.2) is 0 Å². The molecule has 0 aliphatic rings. The molecule has 3 amide bonds. The van der Waals surface area contributed by atoms with E-state index in [0.29, 0.717) is 6.42 Å². The summed E-state index contributed by atoms with van der Waals surface area (Å²) in [4.78, 5) is 58.8. The summed E-state index contributed by atoms with van der Waals surface area (Å²) in [5.41, 5.74) is 5.54. The van der Waals surface area contributed by atoms with E-state index in [1.165, 1.54) is 6.92 Å². The van der Waals surface area contributed by atoms with Crippen LogP contribution in [0, 0.1) is 5.92 Å². The molecule has 178 valence electrons. The van der Waals surface area contributed by atoms with Crippen molar-refractivity contribution in [2.75, 3.05) is 6.61 Å². The number of aliphatic hydroxyl groups excluding tert-OH is 2. The van der Waals surface area contributed by atoms with Crippen LogP contribution >= 0.6 is 0 Å². The monoisotopic (exact) mass is 448 g/mol. The van der Waals surface area contributed by atoms with E-state index in [1.54, 1.807) is 13.8 Å². The van der Waals surface area contributed by atoms with Crippen LogP contribution in [0.25, 0.3) is 0 Å². The van der Waals surface area contributed by atoms with Gasteiger partial charge in [0.1, 0.15) is 18.1 Å². The molecule has 6 unspecified atom stereocenters. The van der Waals surface area contributed by atoms with Crippen molar-refractivity contribution in [3.63, 3.8) is 0 Å². The van der Waals surface area contributed by atoms with Gasteiger partial charge in [-0.05, 0) is 19.3 Å². The van der Waals surface area contributed by atoms with Gasteiger partial charge in [-0.1, -0.05) is 20.3 Å². The fourth-order valence-electron chi connectivity index (χ4n) is 2.47. The topological polar surface area (TPSA) is 228 Å². The lowest BCUT2D eigenvalue weighted by molar-refractivity contribution is -0.144. The number of hydrogen-bond acceptors (Lipinski definition) is 8. The lowest BCUT2D eigenvalue weighted by Gasteiger charge is -2.27. The molecule has 6 atom stereocenters. The standard InChI is InChI=1S/C18H32N4O9/c1-4-8(2)13(18(30)31)21-17(29)14(9(3)24)22-16(28)11(7-23)20-15(27)10(19)5-6-12(25)26/h8-11,13-14,23-24H,4-7,19H2,1-3H3,(H,20,27)(H,21,29)(H,22,28)(H,25,26)(H,30,31). The predicted octanol–water partition coefficient (Wildman–Crippen LogP) is -2.86. The molecule has 31 heavy (non-hydrogen) atoms. The van der Waals surface area contributed by atoms with Crippen molar-refractivity contribution >= 4 is 29.7 Å². The van der Waals surface area contributed by atoms with Crippen molar-refractivity contribution in [2.24, 2.45) is 11.7 Å². The Kier molecular flexibility index (Phi) is 12.3. The molecule has 0 aromatic rings. The quantitative estimate of drug-likeness (QED) is 0.135. The molecule has 9 N–H and O–H groups in total. The number of nitrogens with two attached hydrogens (primary N) is 1. The molecular weight excluding hydrogens is 416 g/mol. The number of hydrogen-bond donors (Lipinski definition) is 8. The number of aliphatic carboxylic acids is 2. The van der Waals surface area contributed by atoms with Crippen molar-refractivity contribution in [1.82, 2.24) is 16.0 Å². The van der Waals surface area contributed by atoms with Gasteiger partial charge in [-0.15, -0.1) is 0 Å². The number of carboxylic acids is 2. The normalized spacial score (nSPS) is 16.7. The first-order chi connectivity index (χ1) is 14.3. The van der Waals surface area contributed by atoms with Crippen LogP contribution in [-0.2, 0) is 24.0 Å². The minimum Gasteiger partial charge on any atom is -0.481 e. The first-order valence-electron chi connectivity index (χ1n) is 9.75. The summed E-state index contributed by atoms with van der Waals surface area (Å²) in [6, 6.07) is -5.61. The number of rotatable bonds is 14. The molecular formula is C18H32N4O9. The summed E-state index contributed by atoms with van der Waals surface area (Å²) in [7, 11) is 0. The highest BCUT2D eigenvalue weighted by atomic mass is 16.4. The second-order valence-electron chi connectivity index (χ2n) is 7.22. The van der Waals surface area contributed by atoms with Crippen molar-refractivity contribution in [1.29, 1.82) is 0 Å². The van der Waals surface area contributed by atoms with Crippen LogP contribution in [0.2, 0.25) is 0 Å². The van der Waals surface area contributed by atoms with E-state index in [4.69, 9.17) is 10.8 Å². The zero-order chi connectivity index (χ0) is 24.3. The number of carboxylic acid groups (broad SMARTS) is 2. The Labute approximate surface area is 179 Å². The molecule has 0 heterocycles. The molecule has 0 aliphatic heterocycles. The Balaban J connectivity index is 5.18. The number of aliphatic hydroxyl groups is 2. The van der Waals surface area contributed by atoms with Crippen LogP contribution in [0.5, 0.6) is 0 Å². The first kappa shape index (κ1) is 28.2. The highest BCUT2D eigenvalue weighted by Crippen LogP contribution is 2.09. The van der Waals surface area contributed by atoms with E-state index in [2.05, 4.69) is 16.0 Å². The molecule has 0 aromatic heterocycles. The third-order valence-electron chi connectivity index (χ3n) is 4.66. The summed E-state index contributed by atoms with van der Waals surface area (Å²) in [6.07, 6.45) is -1.56. The summed E-state index contributed by atoms with van der Waals surface area (Å²) in [5.74, 6) is -5.76. The van der Waals surface area contributed by atoms with Crippen LogP contribution < -0.4 is 21.7 Å². The van der Waals surface area contributed by atoms with Gasteiger partial charge in [0.2, 0.25) is 17.7 Å².